The Morgan fingerprint density at radius 2 is 2.33 bits per heavy atom. The Morgan fingerprint density at radius 3 is 2.89 bits per heavy atom. The molecule has 2 rings (SSSR count). The normalized spacial score (nSPS) is 10.3. The number of benzene rings is 1. The largest absolute Gasteiger partial charge is 0.478 e. The lowest BCUT2D eigenvalue weighted by atomic mass is 10.2. The standard InChI is InChI=1S/C12H11ClN2O2S/c1-2-8-6-18-12(14-8)15-10-4-3-7(11(16)17)5-9(10)13/h3-6H,2H2,1H3,(H,14,15)(H,16,17). The van der Waals surface area contributed by atoms with Crippen LogP contribution in [-0.2, 0) is 6.42 Å². The first-order chi connectivity index (χ1) is 8.60. The third-order valence-corrected chi connectivity index (χ3v) is 3.49. The molecule has 0 bridgehead atoms. The van der Waals surface area contributed by atoms with Crippen LogP contribution in [0, 0.1) is 0 Å². The van der Waals surface area contributed by atoms with E-state index in [2.05, 4.69) is 10.3 Å². The van der Waals surface area contributed by atoms with Crippen LogP contribution in [0.2, 0.25) is 5.02 Å². The number of hydrogen-bond donors (Lipinski definition) is 2. The molecular formula is C12H11ClN2O2S. The molecule has 1 aromatic carbocycles. The zero-order valence-corrected chi connectivity index (χ0v) is 11.2. The van der Waals surface area contributed by atoms with E-state index in [0.717, 1.165) is 17.2 Å². The summed E-state index contributed by atoms with van der Waals surface area (Å²) in [4.78, 5) is 15.1. The number of carbonyl (C=O) groups is 1. The summed E-state index contributed by atoms with van der Waals surface area (Å²) in [5.41, 5.74) is 1.83. The molecule has 2 N–H and O–H groups in total. The molecule has 1 heterocycles. The number of aromatic carboxylic acids is 1. The smallest absolute Gasteiger partial charge is 0.335 e. The fraction of sp³-hybridized carbons (Fsp3) is 0.167. The van der Waals surface area contributed by atoms with E-state index in [9.17, 15) is 4.79 Å². The number of carboxylic acid groups (broad SMARTS) is 1. The van der Waals surface area contributed by atoms with Crippen molar-refractivity contribution in [2.75, 3.05) is 5.32 Å². The van der Waals surface area contributed by atoms with Crippen molar-refractivity contribution in [3.8, 4) is 0 Å². The van der Waals surface area contributed by atoms with Crippen LogP contribution in [0.3, 0.4) is 0 Å². The molecule has 0 radical (unpaired) electrons. The lowest BCUT2D eigenvalue weighted by molar-refractivity contribution is 0.0697. The van der Waals surface area contributed by atoms with Crippen LogP contribution in [0.15, 0.2) is 23.6 Å². The van der Waals surface area contributed by atoms with Crippen molar-refractivity contribution in [1.82, 2.24) is 4.98 Å². The average molecular weight is 283 g/mol. The fourth-order valence-corrected chi connectivity index (χ4v) is 2.43. The minimum atomic E-state index is -0.994. The highest BCUT2D eigenvalue weighted by atomic mass is 35.5. The van der Waals surface area contributed by atoms with Gasteiger partial charge in [0, 0.05) is 5.38 Å². The van der Waals surface area contributed by atoms with Crippen molar-refractivity contribution < 1.29 is 9.90 Å². The van der Waals surface area contributed by atoms with Gasteiger partial charge < -0.3 is 10.4 Å². The summed E-state index contributed by atoms with van der Waals surface area (Å²) in [6, 6.07) is 4.56. The Morgan fingerprint density at radius 1 is 1.56 bits per heavy atom. The number of hydrogen-bond acceptors (Lipinski definition) is 4. The second kappa shape index (κ2) is 5.37. The SMILES string of the molecule is CCc1csc(Nc2ccc(C(=O)O)cc2Cl)n1. The van der Waals surface area contributed by atoms with Gasteiger partial charge in [-0.15, -0.1) is 11.3 Å². The highest BCUT2D eigenvalue weighted by Crippen LogP contribution is 2.28. The van der Waals surface area contributed by atoms with E-state index in [1.807, 2.05) is 12.3 Å². The van der Waals surface area contributed by atoms with Gasteiger partial charge in [-0.25, -0.2) is 9.78 Å². The molecule has 6 heteroatoms. The van der Waals surface area contributed by atoms with Gasteiger partial charge in [0.2, 0.25) is 0 Å². The van der Waals surface area contributed by atoms with Crippen LogP contribution in [0.1, 0.15) is 23.0 Å². The highest BCUT2D eigenvalue weighted by molar-refractivity contribution is 7.13. The Bertz CT molecular complexity index is 583. The van der Waals surface area contributed by atoms with Gasteiger partial charge in [-0.05, 0) is 24.6 Å². The lowest BCUT2D eigenvalue weighted by Crippen LogP contribution is -1.97. The van der Waals surface area contributed by atoms with Gasteiger partial charge in [-0.2, -0.15) is 0 Å². The van der Waals surface area contributed by atoms with Crippen molar-refractivity contribution in [3.63, 3.8) is 0 Å². The number of halogens is 1. The van der Waals surface area contributed by atoms with Gasteiger partial charge in [0.1, 0.15) is 0 Å². The molecule has 0 unspecified atom stereocenters. The average Bonchev–Trinajstić information content (AvgIpc) is 2.79. The third kappa shape index (κ3) is 2.80. The summed E-state index contributed by atoms with van der Waals surface area (Å²) in [5.74, 6) is -0.994. The first kappa shape index (κ1) is 12.9. The number of nitrogens with one attached hydrogen (secondary N) is 1. The number of thiazole rings is 1. The first-order valence-corrected chi connectivity index (χ1v) is 6.60. The summed E-state index contributed by atoms with van der Waals surface area (Å²) in [5, 5.41) is 15.0. The zero-order valence-electron chi connectivity index (χ0n) is 9.61. The molecule has 1 aromatic heterocycles. The quantitative estimate of drug-likeness (QED) is 0.895. The van der Waals surface area contributed by atoms with Crippen LogP contribution in [-0.4, -0.2) is 16.1 Å². The molecule has 94 valence electrons. The molecule has 0 saturated heterocycles. The van der Waals surface area contributed by atoms with E-state index < -0.39 is 5.97 Å². The van der Waals surface area contributed by atoms with E-state index in [4.69, 9.17) is 16.7 Å². The molecule has 0 aliphatic heterocycles. The maximum Gasteiger partial charge on any atom is 0.335 e. The molecule has 18 heavy (non-hydrogen) atoms. The van der Waals surface area contributed by atoms with E-state index in [1.165, 1.54) is 23.5 Å². The Labute approximate surface area is 113 Å². The fourth-order valence-electron chi connectivity index (χ4n) is 1.39. The molecule has 0 fully saturated rings. The van der Waals surface area contributed by atoms with Gasteiger partial charge >= 0.3 is 5.97 Å². The molecule has 0 atom stereocenters. The second-order valence-electron chi connectivity index (χ2n) is 3.62. The Balaban J connectivity index is 2.21. The molecule has 4 nitrogen and oxygen atoms in total. The van der Waals surface area contributed by atoms with Crippen LogP contribution in [0.25, 0.3) is 0 Å². The molecular weight excluding hydrogens is 272 g/mol. The van der Waals surface area contributed by atoms with E-state index >= 15 is 0 Å². The molecule has 0 spiro atoms. The summed E-state index contributed by atoms with van der Waals surface area (Å²) in [6.45, 7) is 2.04. The minimum absolute atomic E-state index is 0.166. The molecule has 0 aliphatic rings. The Hall–Kier alpha value is -1.59. The number of aromatic nitrogens is 1. The summed E-state index contributed by atoms with van der Waals surface area (Å²) >= 11 is 7.51. The van der Waals surface area contributed by atoms with Crippen molar-refractivity contribution >= 4 is 39.7 Å². The van der Waals surface area contributed by atoms with E-state index in [0.29, 0.717) is 10.7 Å². The van der Waals surface area contributed by atoms with Crippen LogP contribution >= 0.6 is 22.9 Å². The maximum absolute atomic E-state index is 10.8. The number of nitrogens with zero attached hydrogens (tertiary/aromatic N) is 1. The predicted molar refractivity (Wildman–Crippen MR) is 73.2 cm³/mol. The number of anilines is 2. The topological polar surface area (TPSA) is 62.2 Å². The highest BCUT2D eigenvalue weighted by Gasteiger charge is 2.08. The van der Waals surface area contributed by atoms with Crippen molar-refractivity contribution in [3.05, 3.63) is 39.9 Å². The maximum atomic E-state index is 10.8. The zero-order chi connectivity index (χ0) is 13.1. The van der Waals surface area contributed by atoms with E-state index in [1.54, 1.807) is 6.07 Å². The first-order valence-electron chi connectivity index (χ1n) is 5.34. The number of carboxylic acids is 1. The molecule has 2 aromatic rings. The number of rotatable bonds is 4. The van der Waals surface area contributed by atoms with Crippen molar-refractivity contribution in [2.45, 2.75) is 13.3 Å². The van der Waals surface area contributed by atoms with Crippen LogP contribution < -0.4 is 5.32 Å². The lowest BCUT2D eigenvalue weighted by Gasteiger charge is -2.05. The van der Waals surface area contributed by atoms with E-state index in [-0.39, 0.29) is 5.56 Å². The van der Waals surface area contributed by atoms with Gasteiger partial charge in [0.25, 0.3) is 0 Å². The van der Waals surface area contributed by atoms with Crippen LogP contribution in [0.5, 0.6) is 0 Å². The van der Waals surface area contributed by atoms with Gasteiger partial charge in [0.05, 0.1) is 22.0 Å². The van der Waals surface area contributed by atoms with Gasteiger partial charge in [0.15, 0.2) is 5.13 Å². The van der Waals surface area contributed by atoms with Gasteiger partial charge in [-0.3, -0.25) is 0 Å². The molecule has 0 aliphatic carbocycles. The molecule has 0 saturated carbocycles. The van der Waals surface area contributed by atoms with Gasteiger partial charge in [-0.1, -0.05) is 18.5 Å². The van der Waals surface area contributed by atoms with Crippen LogP contribution in [0.4, 0.5) is 10.8 Å². The summed E-state index contributed by atoms with van der Waals surface area (Å²) in [6.07, 6.45) is 0.879. The van der Waals surface area contributed by atoms with Crippen molar-refractivity contribution in [1.29, 1.82) is 0 Å². The monoisotopic (exact) mass is 282 g/mol. The number of aryl methyl sites for hydroxylation is 1. The summed E-state index contributed by atoms with van der Waals surface area (Å²) in [7, 11) is 0. The third-order valence-electron chi connectivity index (χ3n) is 2.37. The summed E-state index contributed by atoms with van der Waals surface area (Å²) < 4.78 is 0. The predicted octanol–water partition coefficient (Wildman–Crippen LogP) is 3.80. The second-order valence-corrected chi connectivity index (χ2v) is 4.89. The van der Waals surface area contributed by atoms with Crippen molar-refractivity contribution in [2.24, 2.45) is 0 Å². The minimum Gasteiger partial charge on any atom is -0.478 e. The molecule has 0 amide bonds. The Kier molecular flexibility index (Phi) is 3.84.